The lowest BCUT2D eigenvalue weighted by atomic mass is 10.3. The number of aryl methyl sites for hydroxylation is 1. The first-order chi connectivity index (χ1) is 13.5. The largest absolute Gasteiger partial charge is 0.437 e. The van der Waals surface area contributed by atoms with Crippen molar-refractivity contribution in [3.05, 3.63) is 51.3 Å². The Kier molecular flexibility index (Phi) is 5.01. The van der Waals surface area contributed by atoms with Crippen molar-refractivity contribution in [1.82, 2.24) is 14.8 Å². The predicted octanol–water partition coefficient (Wildman–Crippen LogP) is 4.14. The van der Waals surface area contributed by atoms with Gasteiger partial charge in [0, 0.05) is 6.42 Å². The fourth-order valence-electron chi connectivity index (χ4n) is 2.53. The SMILES string of the molecule is O=C(CCn1nc(-c2cccs2)oc1=O)Nc1cccc2nc(C(F)F)sc12. The standard InChI is InChI=1S/C17H12F2N4O3S2/c18-14(19)16-21-10-4-1-3-9(13(10)28-16)20-12(24)6-7-23-17(25)26-15(22-23)11-5-2-8-27-11/h1-5,8,14H,6-7H2,(H,20,24). The fourth-order valence-corrected chi connectivity index (χ4v) is 4.06. The van der Waals surface area contributed by atoms with Crippen LogP contribution in [0.15, 0.2) is 44.9 Å². The van der Waals surface area contributed by atoms with Crippen LogP contribution in [0, 0.1) is 0 Å². The van der Waals surface area contributed by atoms with Crippen molar-refractivity contribution in [2.75, 3.05) is 5.32 Å². The van der Waals surface area contributed by atoms with Gasteiger partial charge in [-0.25, -0.2) is 18.6 Å². The van der Waals surface area contributed by atoms with Gasteiger partial charge in [0.1, 0.15) is 0 Å². The quantitative estimate of drug-likeness (QED) is 0.504. The normalized spacial score (nSPS) is 11.4. The number of thiazole rings is 1. The Balaban J connectivity index is 1.46. The molecule has 1 amide bonds. The van der Waals surface area contributed by atoms with E-state index in [1.165, 1.54) is 11.3 Å². The van der Waals surface area contributed by atoms with Gasteiger partial charge >= 0.3 is 5.76 Å². The molecule has 0 radical (unpaired) electrons. The molecule has 4 aromatic rings. The Hall–Kier alpha value is -2.92. The zero-order valence-electron chi connectivity index (χ0n) is 14.1. The van der Waals surface area contributed by atoms with Gasteiger partial charge in [0.15, 0.2) is 5.01 Å². The molecule has 7 nitrogen and oxygen atoms in total. The number of anilines is 1. The average Bonchev–Trinajstić information content (AvgIpc) is 3.39. The second-order valence-electron chi connectivity index (χ2n) is 5.68. The average molecular weight is 422 g/mol. The smallest absolute Gasteiger partial charge is 0.387 e. The van der Waals surface area contributed by atoms with Crippen LogP contribution in [-0.4, -0.2) is 20.7 Å². The Morgan fingerprint density at radius 1 is 1.29 bits per heavy atom. The third kappa shape index (κ3) is 3.71. The number of amides is 1. The van der Waals surface area contributed by atoms with E-state index in [0.29, 0.717) is 20.8 Å². The van der Waals surface area contributed by atoms with Crippen molar-refractivity contribution >= 4 is 44.5 Å². The maximum atomic E-state index is 12.9. The summed E-state index contributed by atoms with van der Waals surface area (Å²) in [6.07, 6.45) is -2.70. The number of nitrogens with zero attached hydrogens (tertiary/aromatic N) is 3. The van der Waals surface area contributed by atoms with Crippen LogP contribution in [0.2, 0.25) is 0 Å². The van der Waals surface area contributed by atoms with E-state index < -0.39 is 12.2 Å². The molecule has 0 aliphatic carbocycles. The van der Waals surface area contributed by atoms with Gasteiger partial charge < -0.3 is 9.73 Å². The van der Waals surface area contributed by atoms with Crippen molar-refractivity contribution in [3.8, 4) is 10.8 Å². The molecule has 0 aliphatic heterocycles. The summed E-state index contributed by atoms with van der Waals surface area (Å²) in [5.74, 6) is -0.830. The van der Waals surface area contributed by atoms with Gasteiger partial charge in [0.2, 0.25) is 5.91 Å². The number of benzene rings is 1. The Bertz CT molecular complexity index is 1180. The van der Waals surface area contributed by atoms with E-state index in [-0.39, 0.29) is 29.8 Å². The minimum Gasteiger partial charge on any atom is -0.387 e. The summed E-state index contributed by atoms with van der Waals surface area (Å²) in [7, 11) is 0. The summed E-state index contributed by atoms with van der Waals surface area (Å²) in [6.45, 7) is 0.0283. The van der Waals surface area contributed by atoms with Crippen LogP contribution in [0.25, 0.3) is 21.0 Å². The zero-order valence-corrected chi connectivity index (χ0v) is 15.7. The Morgan fingerprint density at radius 2 is 2.14 bits per heavy atom. The lowest BCUT2D eigenvalue weighted by molar-refractivity contribution is -0.116. The number of halogens is 2. The number of thiophene rings is 1. The van der Waals surface area contributed by atoms with E-state index in [9.17, 15) is 18.4 Å². The van der Waals surface area contributed by atoms with Gasteiger partial charge in [0.25, 0.3) is 12.3 Å². The second kappa shape index (κ2) is 7.60. The number of hydrogen-bond acceptors (Lipinski definition) is 7. The minimum absolute atomic E-state index is 0.0283. The number of carbonyl (C=O) groups is 1. The first-order valence-electron chi connectivity index (χ1n) is 8.10. The zero-order chi connectivity index (χ0) is 19.7. The Morgan fingerprint density at radius 3 is 2.89 bits per heavy atom. The molecule has 0 bridgehead atoms. The molecule has 0 unspecified atom stereocenters. The van der Waals surface area contributed by atoms with Crippen molar-refractivity contribution in [2.45, 2.75) is 19.4 Å². The van der Waals surface area contributed by atoms with E-state index in [1.54, 1.807) is 24.3 Å². The number of nitrogens with one attached hydrogen (secondary N) is 1. The molecule has 3 aromatic heterocycles. The van der Waals surface area contributed by atoms with Gasteiger partial charge in [0.05, 0.1) is 27.3 Å². The number of alkyl halides is 2. The number of hydrogen-bond donors (Lipinski definition) is 1. The van der Waals surface area contributed by atoms with Crippen molar-refractivity contribution in [3.63, 3.8) is 0 Å². The molecule has 11 heteroatoms. The number of carbonyl (C=O) groups excluding carboxylic acids is 1. The molecule has 0 aliphatic rings. The lowest BCUT2D eigenvalue weighted by Crippen LogP contribution is -2.20. The fraction of sp³-hybridized carbons (Fsp3) is 0.176. The Labute approximate surface area is 164 Å². The minimum atomic E-state index is -2.67. The van der Waals surface area contributed by atoms with Gasteiger partial charge in [-0.05, 0) is 23.6 Å². The molecule has 1 aromatic carbocycles. The molecule has 0 spiro atoms. The molecular weight excluding hydrogens is 410 g/mol. The monoisotopic (exact) mass is 422 g/mol. The van der Waals surface area contributed by atoms with Gasteiger partial charge in [-0.3, -0.25) is 4.79 Å². The van der Waals surface area contributed by atoms with E-state index in [0.717, 1.165) is 16.0 Å². The third-order valence-electron chi connectivity index (χ3n) is 3.78. The highest BCUT2D eigenvalue weighted by Gasteiger charge is 2.17. The predicted molar refractivity (Wildman–Crippen MR) is 102 cm³/mol. The number of fused-ring (bicyclic) bond motifs is 1. The van der Waals surface area contributed by atoms with E-state index in [1.807, 2.05) is 11.4 Å². The van der Waals surface area contributed by atoms with Crippen LogP contribution < -0.4 is 11.1 Å². The van der Waals surface area contributed by atoms with Crippen molar-refractivity contribution < 1.29 is 18.0 Å². The van der Waals surface area contributed by atoms with Crippen molar-refractivity contribution in [1.29, 1.82) is 0 Å². The summed E-state index contributed by atoms with van der Waals surface area (Å²) in [6, 6.07) is 8.43. The molecule has 1 N–H and O–H groups in total. The molecule has 0 saturated carbocycles. The summed E-state index contributed by atoms with van der Waals surface area (Å²) in [5.41, 5.74) is 0.796. The van der Waals surface area contributed by atoms with Crippen LogP contribution in [-0.2, 0) is 11.3 Å². The topological polar surface area (TPSA) is 90.0 Å². The van der Waals surface area contributed by atoms with E-state index in [2.05, 4.69) is 15.4 Å². The van der Waals surface area contributed by atoms with Gasteiger partial charge in [-0.1, -0.05) is 12.1 Å². The molecule has 4 rings (SSSR count). The number of rotatable bonds is 6. The van der Waals surface area contributed by atoms with Crippen LogP contribution in [0.5, 0.6) is 0 Å². The number of aromatic nitrogens is 3. The second-order valence-corrected chi connectivity index (χ2v) is 7.66. The van der Waals surface area contributed by atoms with E-state index in [4.69, 9.17) is 4.42 Å². The van der Waals surface area contributed by atoms with Crippen LogP contribution >= 0.6 is 22.7 Å². The van der Waals surface area contributed by atoms with Crippen LogP contribution in [0.4, 0.5) is 14.5 Å². The van der Waals surface area contributed by atoms with Crippen molar-refractivity contribution in [2.24, 2.45) is 0 Å². The van der Waals surface area contributed by atoms with Crippen LogP contribution in [0.1, 0.15) is 17.9 Å². The van der Waals surface area contributed by atoms with Crippen LogP contribution in [0.3, 0.4) is 0 Å². The first-order valence-corrected chi connectivity index (χ1v) is 9.80. The highest BCUT2D eigenvalue weighted by atomic mass is 32.1. The van der Waals surface area contributed by atoms with Gasteiger partial charge in [-0.15, -0.1) is 27.8 Å². The molecule has 0 atom stereocenters. The molecule has 144 valence electrons. The summed E-state index contributed by atoms with van der Waals surface area (Å²) < 4.78 is 32.4. The summed E-state index contributed by atoms with van der Waals surface area (Å²) in [5, 5.41) is 8.29. The third-order valence-corrected chi connectivity index (χ3v) is 5.75. The summed E-state index contributed by atoms with van der Waals surface area (Å²) >= 11 is 2.22. The maximum absolute atomic E-state index is 12.9. The first kappa shape index (κ1) is 18.4. The molecule has 3 heterocycles. The molecular formula is C17H12F2N4O3S2. The summed E-state index contributed by atoms with van der Waals surface area (Å²) in [4.78, 5) is 28.7. The molecule has 28 heavy (non-hydrogen) atoms. The maximum Gasteiger partial charge on any atom is 0.437 e. The molecule has 0 fully saturated rings. The highest BCUT2D eigenvalue weighted by molar-refractivity contribution is 7.19. The molecule has 0 saturated heterocycles. The highest BCUT2D eigenvalue weighted by Crippen LogP contribution is 2.33. The lowest BCUT2D eigenvalue weighted by Gasteiger charge is -2.05. The van der Waals surface area contributed by atoms with E-state index >= 15 is 0 Å². The van der Waals surface area contributed by atoms with Gasteiger partial charge in [-0.2, -0.15) is 4.68 Å².